The van der Waals surface area contributed by atoms with Gasteiger partial charge in [-0.15, -0.1) is 5.10 Å². The van der Waals surface area contributed by atoms with Crippen molar-refractivity contribution in [3.8, 4) is 5.88 Å². The van der Waals surface area contributed by atoms with Crippen LogP contribution in [0.3, 0.4) is 0 Å². The van der Waals surface area contributed by atoms with Gasteiger partial charge in [0.25, 0.3) is 0 Å². The maximum atomic E-state index is 16.1. The quantitative estimate of drug-likeness (QED) is 0.146. The van der Waals surface area contributed by atoms with E-state index in [1.165, 1.54) is 35.3 Å². The molecule has 2 bridgehead atoms. The van der Waals surface area contributed by atoms with Gasteiger partial charge in [0.1, 0.15) is 53.8 Å². The molecule has 3 fully saturated rings. The Morgan fingerprint density at radius 1 is 1.09 bits per heavy atom. The lowest BCUT2D eigenvalue weighted by atomic mass is 10.1. The normalized spacial score (nSPS) is 37.4. The molecule has 242 valence electrons. The summed E-state index contributed by atoms with van der Waals surface area (Å²) in [6.45, 7) is -9.23. The van der Waals surface area contributed by atoms with E-state index >= 15 is 4.39 Å². The van der Waals surface area contributed by atoms with Crippen molar-refractivity contribution < 1.29 is 46.5 Å². The summed E-state index contributed by atoms with van der Waals surface area (Å²) in [4.78, 5) is 31.5. The standard InChI is InChI=1S/C21H25FN10O9P2S2/c1-36-20-10-16(23)25-4-27-18(10)32(30-20)7-2-8-13(33)14(7)40-42(34,44)37-3-9-15(41-43(35,45)39-8)11(22)21(38-9)31-6-29-12-17(24)26-5-28-19(12)31/h4-9,11,13-15,21,33H,2-3H2,1H3,(H,34,44)(H,35,45)(H2,23,25,27)(H2,24,26,28)/t7-,8+,9-,11-,13-,14+,15-,21-,42?,43?/m1/s1. The summed E-state index contributed by atoms with van der Waals surface area (Å²) in [6, 6.07) is -0.955. The van der Waals surface area contributed by atoms with Crippen molar-refractivity contribution in [2.75, 3.05) is 25.2 Å². The Morgan fingerprint density at radius 3 is 2.58 bits per heavy atom. The molecule has 0 aromatic carbocycles. The first-order valence-electron chi connectivity index (χ1n) is 13.2. The number of halogens is 1. The van der Waals surface area contributed by atoms with Gasteiger partial charge in [-0.2, -0.15) is 0 Å². The van der Waals surface area contributed by atoms with Gasteiger partial charge in [-0.25, -0.2) is 38.6 Å². The van der Waals surface area contributed by atoms with Crippen LogP contribution in [-0.2, 0) is 39.2 Å². The summed E-state index contributed by atoms with van der Waals surface area (Å²) in [5, 5.41) is 16.0. The predicted molar refractivity (Wildman–Crippen MR) is 158 cm³/mol. The van der Waals surface area contributed by atoms with Gasteiger partial charge in [0.15, 0.2) is 29.5 Å². The maximum Gasteiger partial charge on any atom is 0.386 e. The number of thiol groups is 1. The molecule has 45 heavy (non-hydrogen) atoms. The number of alkyl halides is 1. The fourth-order valence-electron chi connectivity index (χ4n) is 5.70. The van der Waals surface area contributed by atoms with Crippen LogP contribution in [0.2, 0.25) is 0 Å². The minimum absolute atomic E-state index is 0.0648. The van der Waals surface area contributed by atoms with Gasteiger partial charge < -0.3 is 35.5 Å². The molecule has 2 unspecified atom stereocenters. The van der Waals surface area contributed by atoms with Gasteiger partial charge in [-0.1, -0.05) is 12.2 Å². The van der Waals surface area contributed by atoms with Crippen LogP contribution in [0, 0.1) is 0 Å². The van der Waals surface area contributed by atoms with Crippen molar-refractivity contribution in [3.05, 3.63) is 19.0 Å². The first-order chi connectivity index (χ1) is 21.4. The van der Waals surface area contributed by atoms with Crippen LogP contribution in [0.4, 0.5) is 16.0 Å². The predicted octanol–water partition coefficient (Wildman–Crippen LogP) is 0.821. The Kier molecular flexibility index (Phi) is 7.76. The van der Waals surface area contributed by atoms with E-state index in [2.05, 4.69) is 42.3 Å². The number of aromatic nitrogens is 8. The lowest BCUT2D eigenvalue weighted by Crippen LogP contribution is -2.37. The van der Waals surface area contributed by atoms with Crippen LogP contribution in [0.1, 0.15) is 18.7 Å². The second-order valence-electron chi connectivity index (χ2n) is 10.3. The summed E-state index contributed by atoms with van der Waals surface area (Å²) in [7, 11) is 1.37. The summed E-state index contributed by atoms with van der Waals surface area (Å²) in [6.07, 6.45) is -7.02. The topological polar surface area (TPSA) is 252 Å². The number of hydrogen-bond acceptors (Lipinski definition) is 17. The number of nitrogens with two attached hydrogens (primary N) is 2. The van der Waals surface area contributed by atoms with E-state index < -0.39 is 69.1 Å². The average Bonchev–Trinajstić information content (AvgIpc) is 3.73. The van der Waals surface area contributed by atoms with Gasteiger partial charge in [0.05, 0.1) is 32.2 Å². The number of ether oxygens (including phenoxy) is 2. The van der Waals surface area contributed by atoms with Crippen LogP contribution in [-0.4, -0.2) is 99.7 Å². The molecule has 6 N–H and O–H groups in total. The van der Waals surface area contributed by atoms with E-state index in [0.717, 1.165) is 0 Å². The highest BCUT2D eigenvalue weighted by molar-refractivity contribution is 8.44. The Morgan fingerprint density at radius 2 is 1.82 bits per heavy atom. The Bertz CT molecular complexity index is 1890. The summed E-state index contributed by atoms with van der Waals surface area (Å²) >= 11 is 9.37. The molecule has 4 aromatic rings. The van der Waals surface area contributed by atoms with Crippen LogP contribution < -0.4 is 16.2 Å². The van der Waals surface area contributed by atoms with Crippen molar-refractivity contribution in [2.24, 2.45) is 0 Å². The lowest BCUT2D eigenvalue weighted by molar-refractivity contribution is -0.0541. The van der Waals surface area contributed by atoms with Gasteiger partial charge in [-0.3, -0.25) is 18.1 Å². The Labute approximate surface area is 262 Å². The summed E-state index contributed by atoms with van der Waals surface area (Å²) in [5.74, 6) is 0.216. The molecule has 19 nitrogen and oxygen atoms in total. The molecular formula is C21H25FN10O9P2S2. The van der Waals surface area contributed by atoms with Crippen molar-refractivity contribution in [1.82, 2.24) is 39.3 Å². The van der Waals surface area contributed by atoms with Crippen LogP contribution >= 0.6 is 25.8 Å². The summed E-state index contributed by atoms with van der Waals surface area (Å²) < 4.78 is 66.2. The molecule has 1 saturated carbocycles. The van der Waals surface area contributed by atoms with Gasteiger partial charge in [0.2, 0.25) is 5.88 Å². The lowest BCUT2D eigenvalue weighted by Gasteiger charge is -2.30. The summed E-state index contributed by atoms with van der Waals surface area (Å²) in [5.41, 5.74) is 12.5. The zero-order valence-corrected chi connectivity index (χ0v) is 26.4. The highest BCUT2D eigenvalue weighted by Crippen LogP contribution is 2.60. The van der Waals surface area contributed by atoms with E-state index in [1.807, 2.05) is 0 Å². The largest absolute Gasteiger partial charge is 0.479 e. The highest BCUT2D eigenvalue weighted by atomic mass is 32.7. The minimum Gasteiger partial charge on any atom is -0.479 e. The van der Waals surface area contributed by atoms with E-state index in [-0.39, 0.29) is 46.1 Å². The Balaban J connectivity index is 1.22. The molecule has 10 atom stereocenters. The number of nitrogen functional groups attached to an aromatic ring is 2. The van der Waals surface area contributed by atoms with E-state index in [1.54, 1.807) is 0 Å². The number of fused-ring (bicyclic) bond motifs is 5. The van der Waals surface area contributed by atoms with E-state index in [9.17, 15) is 14.6 Å². The highest BCUT2D eigenvalue weighted by Gasteiger charge is 2.54. The van der Waals surface area contributed by atoms with Crippen molar-refractivity contribution in [2.45, 2.75) is 55.4 Å². The molecule has 1 aliphatic carbocycles. The van der Waals surface area contributed by atoms with E-state index in [0.29, 0.717) is 0 Å². The number of hydrogen-bond donors (Lipinski definition) is 5. The van der Waals surface area contributed by atoms with Gasteiger partial charge in [0, 0.05) is 6.42 Å². The molecule has 4 aromatic heterocycles. The number of rotatable bonds is 3. The monoisotopic (exact) mass is 706 g/mol. The van der Waals surface area contributed by atoms with Crippen molar-refractivity contribution in [3.63, 3.8) is 0 Å². The third kappa shape index (κ3) is 5.36. The smallest absolute Gasteiger partial charge is 0.386 e. The van der Waals surface area contributed by atoms with Crippen molar-refractivity contribution >= 4 is 71.4 Å². The molecular weight excluding hydrogens is 681 g/mol. The first kappa shape index (κ1) is 31.0. The molecule has 6 heterocycles. The number of nitrogens with zero attached hydrogens (tertiary/aromatic N) is 8. The number of aliphatic hydroxyl groups excluding tert-OH is 1. The van der Waals surface area contributed by atoms with Crippen LogP contribution in [0.25, 0.3) is 22.2 Å². The number of anilines is 2. The molecule has 0 spiro atoms. The number of aliphatic hydroxyl groups is 1. The Hall–Kier alpha value is -2.62. The first-order valence-corrected chi connectivity index (χ1v) is 18.4. The van der Waals surface area contributed by atoms with Gasteiger partial charge >= 0.3 is 13.5 Å². The molecule has 2 aliphatic heterocycles. The molecule has 0 amide bonds. The minimum atomic E-state index is -4.32. The SMILES string of the molecule is COc1nn([C@@H]2C[C@@H]3OP(O)(=S)O[C@H]4[C@@H](F)[C@H](n5cnc6c(N)ncnc65)O[C@@H]4COP(=O)(S)O[C@@H]2[C@@H]3O)c2ncnc(N)c12. The van der Waals surface area contributed by atoms with Crippen molar-refractivity contribution in [1.29, 1.82) is 0 Å². The third-order valence-corrected chi connectivity index (χ3v) is 10.9. The molecule has 2 saturated heterocycles. The second kappa shape index (κ2) is 11.3. The third-order valence-electron chi connectivity index (χ3n) is 7.67. The van der Waals surface area contributed by atoms with Crippen LogP contribution in [0.15, 0.2) is 19.0 Å². The molecule has 7 rings (SSSR count). The molecule has 0 radical (unpaired) electrons. The molecule has 24 heteroatoms. The number of methoxy groups -OCH3 is 1. The zero-order chi connectivity index (χ0) is 31.8. The number of imidazole rings is 1. The van der Waals surface area contributed by atoms with E-state index in [4.69, 9.17) is 50.8 Å². The average molecular weight is 707 g/mol. The van der Waals surface area contributed by atoms with Gasteiger partial charge in [-0.05, 0) is 11.8 Å². The maximum absolute atomic E-state index is 16.1. The fraction of sp³-hybridized carbons (Fsp3) is 0.524. The van der Waals surface area contributed by atoms with Crippen LogP contribution in [0.5, 0.6) is 5.88 Å². The second-order valence-corrected chi connectivity index (χ2v) is 15.9. The zero-order valence-electron chi connectivity index (χ0n) is 22.9. The molecule has 3 aliphatic rings. The fourth-order valence-corrected chi connectivity index (χ4v) is 8.99.